The molecule has 0 aromatic carbocycles. The standard InChI is InChI=1S/C18H27N3O3/c1-2-4-15-11-14(5-6-19-15)18(23)21-8-3-7-20(9-10-21)16-12-24-13-17(16)22/h5-6,11,16-17,22H,2-4,7-10,12-13H2,1H3/t16-,17-/m0/s1. The predicted molar refractivity (Wildman–Crippen MR) is 90.9 cm³/mol. The summed E-state index contributed by atoms with van der Waals surface area (Å²) in [6.07, 6.45) is 4.16. The molecule has 132 valence electrons. The van der Waals surface area contributed by atoms with E-state index in [1.165, 1.54) is 0 Å². The van der Waals surface area contributed by atoms with Crippen LogP contribution >= 0.6 is 0 Å². The second-order valence-corrected chi connectivity index (χ2v) is 6.64. The molecule has 2 aliphatic heterocycles. The first-order valence-corrected chi connectivity index (χ1v) is 8.93. The summed E-state index contributed by atoms with van der Waals surface area (Å²) in [6.45, 7) is 6.23. The van der Waals surface area contributed by atoms with Crippen molar-refractivity contribution in [2.75, 3.05) is 39.4 Å². The number of aromatic nitrogens is 1. The van der Waals surface area contributed by atoms with Crippen molar-refractivity contribution in [3.63, 3.8) is 0 Å². The van der Waals surface area contributed by atoms with Crippen molar-refractivity contribution in [1.82, 2.24) is 14.8 Å². The van der Waals surface area contributed by atoms with Crippen molar-refractivity contribution in [3.05, 3.63) is 29.6 Å². The molecule has 0 aliphatic carbocycles. The van der Waals surface area contributed by atoms with E-state index in [-0.39, 0.29) is 11.9 Å². The molecule has 1 N–H and O–H groups in total. The molecular weight excluding hydrogens is 306 g/mol. The molecule has 0 unspecified atom stereocenters. The lowest BCUT2D eigenvalue weighted by Gasteiger charge is -2.28. The molecule has 3 rings (SSSR count). The van der Waals surface area contributed by atoms with Crippen LogP contribution in [0.2, 0.25) is 0 Å². The molecule has 0 radical (unpaired) electrons. The van der Waals surface area contributed by atoms with Gasteiger partial charge in [0, 0.05) is 43.6 Å². The molecule has 0 spiro atoms. The van der Waals surface area contributed by atoms with E-state index in [9.17, 15) is 9.90 Å². The van der Waals surface area contributed by atoms with E-state index in [1.807, 2.05) is 11.0 Å². The summed E-state index contributed by atoms with van der Waals surface area (Å²) in [5, 5.41) is 10.0. The monoisotopic (exact) mass is 333 g/mol. The molecule has 3 heterocycles. The fourth-order valence-electron chi connectivity index (χ4n) is 3.54. The summed E-state index contributed by atoms with van der Waals surface area (Å²) in [6, 6.07) is 3.79. The van der Waals surface area contributed by atoms with Crippen LogP contribution in [0.1, 0.15) is 35.8 Å². The predicted octanol–water partition coefficient (Wildman–Crippen LogP) is 0.942. The van der Waals surface area contributed by atoms with Gasteiger partial charge in [0.25, 0.3) is 5.91 Å². The topological polar surface area (TPSA) is 65.9 Å². The molecule has 24 heavy (non-hydrogen) atoms. The van der Waals surface area contributed by atoms with Crippen LogP contribution in [-0.4, -0.2) is 77.3 Å². The van der Waals surface area contributed by atoms with Gasteiger partial charge in [0.05, 0.1) is 25.4 Å². The zero-order chi connectivity index (χ0) is 16.9. The molecule has 0 saturated carbocycles. The van der Waals surface area contributed by atoms with Crippen molar-refractivity contribution in [1.29, 1.82) is 0 Å². The van der Waals surface area contributed by atoms with Crippen LogP contribution in [-0.2, 0) is 11.2 Å². The van der Waals surface area contributed by atoms with E-state index in [1.54, 1.807) is 12.3 Å². The van der Waals surface area contributed by atoms with E-state index in [2.05, 4.69) is 16.8 Å². The van der Waals surface area contributed by atoms with Gasteiger partial charge in [0.15, 0.2) is 0 Å². The van der Waals surface area contributed by atoms with Gasteiger partial charge >= 0.3 is 0 Å². The summed E-state index contributed by atoms with van der Waals surface area (Å²) < 4.78 is 5.36. The Balaban J connectivity index is 1.63. The zero-order valence-electron chi connectivity index (χ0n) is 14.4. The Morgan fingerprint density at radius 3 is 2.96 bits per heavy atom. The first-order chi connectivity index (χ1) is 11.7. The maximum Gasteiger partial charge on any atom is 0.254 e. The molecule has 2 saturated heterocycles. The van der Waals surface area contributed by atoms with Gasteiger partial charge in [-0.15, -0.1) is 0 Å². The lowest BCUT2D eigenvalue weighted by Crippen LogP contribution is -2.45. The number of carbonyl (C=O) groups excluding carboxylic acids is 1. The van der Waals surface area contributed by atoms with Crippen molar-refractivity contribution in [3.8, 4) is 0 Å². The van der Waals surface area contributed by atoms with Crippen molar-refractivity contribution >= 4 is 5.91 Å². The van der Waals surface area contributed by atoms with Gasteiger partial charge in [-0.1, -0.05) is 13.3 Å². The summed E-state index contributed by atoms with van der Waals surface area (Å²) in [4.78, 5) is 21.3. The molecule has 0 bridgehead atoms. The smallest absolute Gasteiger partial charge is 0.254 e. The lowest BCUT2D eigenvalue weighted by atomic mass is 10.1. The number of hydrogen-bond donors (Lipinski definition) is 1. The molecule has 1 aromatic heterocycles. The van der Waals surface area contributed by atoms with Gasteiger partial charge in [-0.05, 0) is 25.0 Å². The van der Waals surface area contributed by atoms with E-state index < -0.39 is 6.10 Å². The van der Waals surface area contributed by atoms with Gasteiger partial charge in [-0.2, -0.15) is 0 Å². The quantitative estimate of drug-likeness (QED) is 0.888. The Kier molecular flexibility index (Phi) is 5.81. The highest BCUT2D eigenvalue weighted by molar-refractivity contribution is 5.94. The summed E-state index contributed by atoms with van der Waals surface area (Å²) in [5.41, 5.74) is 1.71. The number of nitrogens with zero attached hydrogens (tertiary/aromatic N) is 3. The fraction of sp³-hybridized carbons (Fsp3) is 0.667. The maximum atomic E-state index is 12.8. The molecule has 1 aromatic rings. The molecule has 6 heteroatoms. The maximum absolute atomic E-state index is 12.8. The van der Waals surface area contributed by atoms with Crippen LogP contribution in [0, 0.1) is 0 Å². The first-order valence-electron chi connectivity index (χ1n) is 8.93. The van der Waals surface area contributed by atoms with Crippen LogP contribution < -0.4 is 0 Å². The minimum atomic E-state index is -0.413. The highest BCUT2D eigenvalue weighted by Crippen LogP contribution is 2.17. The second kappa shape index (κ2) is 8.05. The summed E-state index contributed by atoms with van der Waals surface area (Å²) in [7, 11) is 0. The highest BCUT2D eigenvalue weighted by Gasteiger charge is 2.33. The van der Waals surface area contributed by atoms with E-state index in [0.29, 0.717) is 19.8 Å². The van der Waals surface area contributed by atoms with Crippen LogP contribution in [0.3, 0.4) is 0 Å². The van der Waals surface area contributed by atoms with Crippen LogP contribution in [0.5, 0.6) is 0 Å². The number of pyridine rings is 1. The average molecular weight is 333 g/mol. The molecule has 2 aliphatic rings. The Bertz CT molecular complexity index is 566. The second-order valence-electron chi connectivity index (χ2n) is 6.64. The summed E-state index contributed by atoms with van der Waals surface area (Å²) >= 11 is 0. The van der Waals surface area contributed by atoms with Gasteiger partial charge in [0.2, 0.25) is 0 Å². The minimum Gasteiger partial charge on any atom is -0.389 e. The van der Waals surface area contributed by atoms with Gasteiger partial charge in [0.1, 0.15) is 0 Å². The minimum absolute atomic E-state index is 0.0668. The summed E-state index contributed by atoms with van der Waals surface area (Å²) in [5.74, 6) is 0.0832. The zero-order valence-corrected chi connectivity index (χ0v) is 14.4. The Hall–Kier alpha value is -1.50. The fourth-order valence-corrected chi connectivity index (χ4v) is 3.54. The highest BCUT2D eigenvalue weighted by atomic mass is 16.5. The Morgan fingerprint density at radius 1 is 1.33 bits per heavy atom. The average Bonchev–Trinajstić information content (AvgIpc) is 2.87. The normalized spacial score (nSPS) is 25.7. The molecule has 2 fully saturated rings. The Morgan fingerprint density at radius 2 is 2.21 bits per heavy atom. The molecular formula is C18H27N3O3. The van der Waals surface area contributed by atoms with Gasteiger partial charge in [-0.3, -0.25) is 14.7 Å². The number of aryl methyl sites for hydroxylation is 1. The van der Waals surface area contributed by atoms with E-state index in [0.717, 1.165) is 50.2 Å². The third-order valence-corrected chi connectivity index (χ3v) is 4.88. The number of aliphatic hydroxyl groups excluding tert-OH is 1. The molecule has 2 atom stereocenters. The van der Waals surface area contributed by atoms with E-state index >= 15 is 0 Å². The largest absolute Gasteiger partial charge is 0.389 e. The number of ether oxygens (including phenoxy) is 1. The molecule has 6 nitrogen and oxygen atoms in total. The Labute approximate surface area is 143 Å². The lowest BCUT2D eigenvalue weighted by molar-refractivity contribution is 0.0725. The van der Waals surface area contributed by atoms with Crippen LogP contribution in [0.15, 0.2) is 18.3 Å². The van der Waals surface area contributed by atoms with Gasteiger partial charge < -0.3 is 14.7 Å². The number of carbonyl (C=O) groups is 1. The molecule has 1 amide bonds. The third-order valence-electron chi connectivity index (χ3n) is 4.88. The SMILES string of the molecule is CCCc1cc(C(=O)N2CCCN([C@H]3COC[C@@H]3O)CC2)ccn1. The third kappa shape index (κ3) is 3.94. The van der Waals surface area contributed by atoms with Crippen LogP contribution in [0.4, 0.5) is 0 Å². The number of amides is 1. The van der Waals surface area contributed by atoms with Gasteiger partial charge in [-0.25, -0.2) is 0 Å². The van der Waals surface area contributed by atoms with E-state index in [4.69, 9.17) is 4.74 Å². The number of rotatable bonds is 4. The number of hydrogen-bond acceptors (Lipinski definition) is 5. The number of aliphatic hydroxyl groups is 1. The first kappa shape index (κ1) is 17.3. The van der Waals surface area contributed by atoms with Crippen molar-refractivity contribution in [2.45, 2.75) is 38.3 Å². The van der Waals surface area contributed by atoms with Crippen LogP contribution in [0.25, 0.3) is 0 Å². The van der Waals surface area contributed by atoms with Crippen molar-refractivity contribution < 1.29 is 14.6 Å². The van der Waals surface area contributed by atoms with Crippen molar-refractivity contribution in [2.24, 2.45) is 0 Å².